The summed E-state index contributed by atoms with van der Waals surface area (Å²) < 4.78 is 11.1. The maximum Gasteiger partial charge on any atom is 0.0156 e. The van der Waals surface area contributed by atoms with E-state index in [1.165, 1.54) is 6.42 Å². The van der Waals surface area contributed by atoms with E-state index in [1.807, 2.05) is 0 Å². The lowest BCUT2D eigenvalue weighted by Crippen LogP contribution is -2.03. The van der Waals surface area contributed by atoms with Crippen LogP contribution in [-0.4, -0.2) is 22.1 Å². The molecule has 0 aromatic carbocycles. The van der Waals surface area contributed by atoms with Crippen molar-refractivity contribution in [2.75, 3.05) is 12.0 Å². The van der Waals surface area contributed by atoms with Gasteiger partial charge in [0.05, 0.1) is 0 Å². The smallest absolute Gasteiger partial charge is 0.0156 e. The van der Waals surface area contributed by atoms with Crippen molar-refractivity contribution in [2.24, 2.45) is 5.92 Å². The largest absolute Gasteiger partial charge is 0.268 e. The molecule has 1 unspecified atom stereocenters. The molecule has 1 nitrogen and oxygen atoms in total. The molecular weight excluding hydrogens is 144 g/mol. The Hall–Kier alpha value is 0.0200. The third-order valence-electron chi connectivity index (χ3n) is 1.36. The Balaban J connectivity index is 3.39. The zero-order valence-corrected chi connectivity index (χ0v) is 8.04. The Morgan fingerprint density at radius 1 is 1.50 bits per heavy atom. The van der Waals surface area contributed by atoms with Gasteiger partial charge in [-0.3, -0.25) is 4.21 Å². The minimum atomic E-state index is -1.72. The summed E-state index contributed by atoms with van der Waals surface area (Å²) in [6, 6.07) is 0. The first-order chi connectivity index (χ1) is 4.42. The average Bonchev–Trinajstić information content (AvgIpc) is 1.59. The predicted octanol–water partition coefficient (Wildman–Crippen LogP) is 1.77. The topological polar surface area (TPSA) is 17.1 Å². The summed E-state index contributed by atoms with van der Waals surface area (Å²) in [5.41, 5.74) is 0. The lowest BCUT2D eigenvalue weighted by Gasteiger charge is -2.04. The first-order valence-corrected chi connectivity index (χ1v) is 6.02. The van der Waals surface area contributed by atoms with Gasteiger partial charge in [0.1, 0.15) is 0 Å². The molecule has 0 radical (unpaired) electrons. The Labute approximate surface area is 64.8 Å². The summed E-state index contributed by atoms with van der Waals surface area (Å²) in [6.45, 7) is 4.36. The summed E-state index contributed by atoms with van der Waals surface area (Å²) in [6.07, 6.45) is 3.95. The van der Waals surface area contributed by atoms with Crippen molar-refractivity contribution < 1.29 is 4.21 Å². The van der Waals surface area contributed by atoms with E-state index in [0.717, 1.165) is 18.1 Å². The van der Waals surface area contributed by atoms with Crippen LogP contribution >= 0.6 is 0 Å². The van der Waals surface area contributed by atoms with Gasteiger partial charge in [0.25, 0.3) is 0 Å². The maximum absolute atomic E-state index is 11.1. The first kappa shape index (κ1) is 10.0. The van der Waals surface area contributed by atoms with Crippen molar-refractivity contribution >= 4 is 15.4 Å². The van der Waals surface area contributed by atoms with Crippen molar-refractivity contribution in [2.45, 2.75) is 26.7 Å². The van der Waals surface area contributed by atoms with E-state index in [9.17, 15) is 4.21 Å². The summed E-state index contributed by atoms with van der Waals surface area (Å²) in [7, 11) is -1.72. The van der Waals surface area contributed by atoms with Crippen LogP contribution in [0, 0.1) is 5.92 Å². The first-order valence-electron chi connectivity index (χ1n) is 3.72. The monoisotopic (exact) mass is 162 g/mol. The fourth-order valence-corrected chi connectivity index (χ4v) is 1.57. The van der Waals surface area contributed by atoms with Crippen molar-refractivity contribution in [3.05, 3.63) is 0 Å². The van der Waals surface area contributed by atoms with Crippen LogP contribution in [0.25, 0.3) is 0 Å². The normalized spacial score (nSPS) is 17.2. The van der Waals surface area contributed by atoms with E-state index in [-0.39, 0.29) is 0 Å². The van der Waals surface area contributed by atoms with Crippen LogP contribution in [0.2, 0.25) is 0 Å². The molecule has 0 bridgehead atoms. The summed E-state index contributed by atoms with van der Waals surface area (Å²) in [5, 5.41) is 0. The molecule has 1 atom stereocenters. The molecule has 10 heavy (non-hydrogen) atoms. The summed E-state index contributed by atoms with van der Waals surface area (Å²) in [4.78, 5) is 0. The minimum Gasteiger partial charge on any atom is -0.268 e. The number of hydrogen-bond donors (Lipinski definition) is 0. The minimum absolute atomic E-state index is 0.724. The summed E-state index contributed by atoms with van der Waals surface area (Å²) >= 11 is 0. The van der Waals surface area contributed by atoms with Gasteiger partial charge < -0.3 is 0 Å². The molecule has 0 spiro atoms. The Kier molecular flexibility index (Phi) is 4.02. The van der Waals surface area contributed by atoms with Crippen LogP contribution in [-0.2, 0) is 9.52 Å². The quantitative estimate of drug-likeness (QED) is 0.576. The molecule has 0 amide bonds. The van der Waals surface area contributed by atoms with E-state index in [1.54, 1.807) is 6.26 Å². The van der Waals surface area contributed by atoms with Crippen LogP contribution in [0.3, 0.4) is 0 Å². The predicted molar refractivity (Wildman–Crippen MR) is 50.1 cm³/mol. The standard InChI is InChI=1S/C8H18OS/c1-8(2)6-5-7-10(3,4)9/h8H,3,5-7H2,1-2,4H3. The zero-order chi connectivity index (χ0) is 8.20. The highest BCUT2D eigenvalue weighted by molar-refractivity contribution is 7.99. The van der Waals surface area contributed by atoms with E-state index >= 15 is 0 Å². The van der Waals surface area contributed by atoms with E-state index in [2.05, 4.69) is 19.7 Å². The Morgan fingerprint density at radius 3 is 2.30 bits per heavy atom. The molecule has 2 heteroatoms. The second kappa shape index (κ2) is 4.02. The SMILES string of the molecule is C=S(C)(=O)CCCC(C)C. The molecule has 0 N–H and O–H groups in total. The molecule has 0 aliphatic heterocycles. The molecule has 0 saturated heterocycles. The van der Waals surface area contributed by atoms with Crippen LogP contribution in [0.1, 0.15) is 26.7 Å². The molecule has 0 rings (SSSR count). The van der Waals surface area contributed by atoms with Crippen LogP contribution in [0.15, 0.2) is 0 Å². The molecule has 0 saturated carbocycles. The highest BCUT2D eigenvalue weighted by Crippen LogP contribution is 2.04. The van der Waals surface area contributed by atoms with Crippen LogP contribution in [0.4, 0.5) is 0 Å². The van der Waals surface area contributed by atoms with Gasteiger partial charge in [-0.1, -0.05) is 20.3 Å². The number of rotatable bonds is 4. The molecule has 62 valence electrons. The Morgan fingerprint density at radius 2 is 2.00 bits per heavy atom. The molecule has 0 heterocycles. The van der Waals surface area contributed by atoms with Crippen molar-refractivity contribution in [3.63, 3.8) is 0 Å². The van der Waals surface area contributed by atoms with E-state index in [4.69, 9.17) is 0 Å². The molecular formula is C8H18OS. The Bertz CT molecular complexity index is 166. The van der Waals surface area contributed by atoms with Gasteiger partial charge in [-0.25, -0.2) is 0 Å². The van der Waals surface area contributed by atoms with Gasteiger partial charge in [-0.2, -0.15) is 0 Å². The van der Waals surface area contributed by atoms with Gasteiger partial charge in [-0.15, -0.1) is 0 Å². The fourth-order valence-electron chi connectivity index (χ4n) is 0.797. The third-order valence-corrected chi connectivity index (χ3v) is 2.51. The zero-order valence-electron chi connectivity index (χ0n) is 7.22. The third kappa shape index (κ3) is 8.02. The van der Waals surface area contributed by atoms with Crippen LogP contribution < -0.4 is 0 Å². The second-order valence-corrected chi connectivity index (χ2v) is 6.20. The molecule has 0 aromatic heterocycles. The lowest BCUT2D eigenvalue weighted by atomic mass is 10.1. The molecule has 0 aliphatic carbocycles. The van der Waals surface area contributed by atoms with E-state index < -0.39 is 9.52 Å². The highest BCUT2D eigenvalue weighted by atomic mass is 32.2. The average molecular weight is 162 g/mol. The van der Waals surface area contributed by atoms with Crippen LogP contribution in [0.5, 0.6) is 0 Å². The molecule has 0 aliphatic rings. The summed E-state index contributed by atoms with van der Waals surface area (Å²) in [5.74, 6) is 5.10. The van der Waals surface area contributed by atoms with E-state index in [0.29, 0.717) is 0 Å². The molecule has 0 aromatic rings. The van der Waals surface area contributed by atoms with Gasteiger partial charge in [0.2, 0.25) is 0 Å². The maximum atomic E-state index is 11.1. The van der Waals surface area contributed by atoms with Crippen molar-refractivity contribution in [1.82, 2.24) is 0 Å². The lowest BCUT2D eigenvalue weighted by molar-refractivity contribution is 0.576. The van der Waals surface area contributed by atoms with Gasteiger partial charge >= 0.3 is 0 Å². The van der Waals surface area contributed by atoms with Crippen molar-refractivity contribution in [1.29, 1.82) is 0 Å². The number of hydrogen-bond acceptors (Lipinski definition) is 1. The van der Waals surface area contributed by atoms with Gasteiger partial charge in [0.15, 0.2) is 0 Å². The van der Waals surface area contributed by atoms with Gasteiger partial charge in [-0.05, 0) is 27.7 Å². The molecule has 0 fully saturated rings. The second-order valence-electron chi connectivity index (χ2n) is 3.42. The van der Waals surface area contributed by atoms with Crippen molar-refractivity contribution in [3.8, 4) is 0 Å². The highest BCUT2D eigenvalue weighted by Gasteiger charge is 1.97. The van der Waals surface area contributed by atoms with Gasteiger partial charge in [0, 0.05) is 12.0 Å². The fraction of sp³-hybridized carbons (Fsp3) is 0.875.